The van der Waals surface area contributed by atoms with Crippen LogP contribution in [0, 0.1) is 5.92 Å². The van der Waals surface area contributed by atoms with E-state index in [1.54, 1.807) is 30.5 Å². The first-order valence-electron chi connectivity index (χ1n) is 8.97. The summed E-state index contributed by atoms with van der Waals surface area (Å²) in [7, 11) is -3.58. The first-order valence-corrected chi connectivity index (χ1v) is 10.5. The van der Waals surface area contributed by atoms with Crippen molar-refractivity contribution in [1.82, 2.24) is 9.71 Å². The Bertz CT molecular complexity index is 804. The Morgan fingerprint density at radius 2 is 1.88 bits per heavy atom. The first-order chi connectivity index (χ1) is 12.6. The molecule has 2 heterocycles. The molecular weight excluding hydrogens is 350 g/mol. The molecule has 1 saturated heterocycles. The lowest BCUT2D eigenvalue weighted by Gasteiger charge is -2.32. The van der Waals surface area contributed by atoms with E-state index in [-0.39, 0.29) is 4.90 Å². The molecule has 1 aromatic heterocycles. The van der Waals surface area contributed by atoms with Gasteiger partial charge in [0.25, 0.3) is 0 Å². The van der Waals surface area contributed by atoms with Crippen molar-refractivity contribution in [2.24, 2.45) is 5.92 Å². The second kappa shape index (κ2) is 8.51. The Labute approximate surface area is 155 Å². The summed E-state index contributed by atoms with van der Waals surface area (Å²) in [5.74, 6) is 1.70. The van der Waals surface area contributed by atoms with Gasteiger partial charge in [0.1, 0.15) is 16.5 Å². The predicted molar refractivity (Wildman–Crippen MR) is 102 cm³/mol. The van der Waals surface area contributed by atoms with Gasteiger partial charge in [-0.2, -0.15) is 0 Å². The van der Waals surface area contributed by atoms with Crippen LogP contribution in [0.4, 0.5) is 5.82 Å². The molecule has 140 valence electrons. The SMILES string of the molecule is CCOc1ccccc1S(=O)(=O)NCC1CCN(c2ccccn2)CC1. The molecule has 1 aliphatic heterocycles. The molecule has 2 aromatic rings. The number of aromatic nitrogens is 1. The number of hydrogen-bond donors (Lipinski definition) is 1. The van der Waals surface area contributed by atoms with E-state index < -0.39 is 10.0 Å². The number of anilines is 1. The van der Waals surface area contributed by atoms with Gasteiger partial charge in [0.05, 0.1) is 6.61 Å². The van der Waals surface area contributed by atoms with Crippen LogP contribution >= 0.6 is 0 Å². The number of piperidine rings is 1. The molecule has 0 saturated carbocycles. The maximum atomic E-state index is 12.6. The highest BCUT2D eigenvalue weighted by Crippen LogP contribution is 2.25. The van der Waals surface area contributed by atoms with E-state index in [2.05, 4.69) is 14.6 Å². The lowest BCUT2D eigenvalue weighted by atomic mass is 9.97. The van der Waals surface area contributed by atoms with Crippen LogP contribution in [0.5, 0.6) is 5.75 Å². The average Bonchev–Trinajstić information content (AvgIpc) is 2.68. The fourth-order valence-electron chi connectivity index (χ4n) is 3.16. The van der Waals surface area contributed by atoms with E-state index in [1.807, 2.05) is 25.1 Å². The van der Waals surface area contributed by atoms with Crippen molar-refractivity contribution in [3.8, 4) is 5.75 Å². The van der Waals surface area contributed by atoms with E-state index in [9.17, 15) is 8.42 Å². The zero-order chi connectivity index (χ0) is 18.4. The van der Waals surface area contributed by atoms with Crippen molar-refractivity contribution in [3.63, 3.8) is 0 Å². The van der Waals surface area contributed by atoms with Gasteiger partial charge < -0.3 is 9.64 Å². The Balaban J connectivity index is 1.56. The molecule has 1 fully saturated rings. The molecule has 3 rings (SSSR count). The third-order valence-corrected chi connectivity index (χ3v) is 6.05. The number of benzene rings is 1. The molecule has 0 bridgehead atoms. The summed E-state index contributed by atoms with van der Waals surface area (Å²) in [4.78, 5) is 6.83. The van der Waals surface area contributed by atoms with Crippen molar-refractivity contribution in [2.45, 2.75) is 24.7 Å². The predicted octanol–water partition coefficient (Wildman–Crippen LogP) is 2.68. The van der Waals surface area contributed by atoms with Crippen LogP contribution in [-0.4, -0.2) is 39.6 Å². The van der Waals surface area contributed by atoms with Crippen LogP contribution < -0.4 is 14.4 Å². The van der Waals surface area contributed by atoms with Gasteiger partial charge in [0.2, 0.25) is 10.0 Å². The number of ether oxygens (including phenoxy) is 1. The summed E-state index contributed by atoms with van der Waals surface area (Å²) in [5, 5.41) is 0. The van der Waals surface area contributed by atoms with Gasteiger partial charge in [0, 0.05) is 25.8 Å². The molecule has 0 unspecified atom stereocenters. The minimum absolute atomic E-state index is 0.202. The van der Waals surface area contributed by atoms with Crippen molar-refractivity contribution in [2.75, 3.05) is 31.1 Å². The van der Waals surface area contributed by atoms with E-state index in [1.165, 1.54) is 0 Å². The molecule has 1 N–H and O–H groups in total. The lowest BCUT2D eigenvalue weighted by molar-refractivity contribution is 0.330. The van der Waals surface area contributed by atoms with E-state index >= 15 is 0 Å². The van der Waals surface area contributed by atoms with Crippen LogP contribution in [0.15, 0.2) is 53.6 Å². The van der Waals surface area contributed by atoms with Crippen molar-refractivity contribution in [3.05, 3.63) is 48.7 Å². The summed E-state index contributed by atoms with van der Waals surface area (Å²) < 4.78 is 33.5. The Morgan fingerprint density at radius 1 is 1.15 bits per heavy atom. The molecule has 0 spiro atoms. The highest BCUT2D eigenvalue weighted by Gasteiger charge is 2.24. The number of nitrogens with one attached hydrogen (secondary N) is 1. The smallest absolute Gasteiger partial charge is 0.244 e. The van der Waals surface area contributed by atoms with Gasteiger partial charge >= 0.3 is 0 Å². The standard InChI is InChI=1S/C19H25N3O3S/c1-2-25-17-7-3-4-8-18(17)26(23,24)21-15-16-10-13-22(14-11-16)19-9-5-6-12-20-19/h3-9,12,16,21H,2,10-11,13-15H2,1H3. The number of pyridine rings is 1. The highest BCUT2D eigenvalue weighted by molar-refractivity contribution is 7.89. The summed E-state index contributed by atoms with van der Waals surface area (Å²) in [6, 6.07) is 12.7. The normalized spacial score (nSPS) is 15.8. The summed E-state index contributed by atoms with van der Waals surface area (Å²) in [6.45, 7) is 4.49. The van der Waals surface area contributed by atoms with Crippen LogP contribution in [0.1, 0.15) is 19.8 Å². The molecule has 1 aliphatic rings. The van der Waals surface area contributed by atoms with Gasteiger partial charge in [0.15, 0.2) is 0 Å². The molecule has 0 amide bonds. The van der Waals surface area contributed by atoms with E-state index in [0.29, 0.717) is 24.8 Å². The topological polar surface area (TPSA) is 71.5 Å². The second-order valence-corrected chi connectivity index (χ2v) is 8.09. The Hall–Kier alpha value is -2.12. The van der Waals surface area contributed by atoms with E-state index in [0.717, 1.165) is 31.7 Å². The van der Waals surface area contributed by atoms with E-state index in [4.69, 9.17) is 4.74 Å². The van der Waals surface area contributed by atoms with Crippen LogP contribution in [-0.2, 0) is 10.0 Å². The summed E-state index contributed by atoms with van der Waals surface area (Å²) >= 11 is 0. The van der Waals surface area contributed by atoms with Gasteiger partial charge in [-0.25, -0.2) is 18.1 Å². The van der Waals surface area contributed by atoms with Gasteiger partial charge in [-0.15, -0.1) is 0 Å². The summed E-state index contributed by atoms with van der Waals surface area (Å²) in [5.41, 5.74) is 0. The molecule has 0 aliphatic carbocycles. The monoisotopic (exact) mass is 375 g/mol. The molecule has 26 heavy (non-hydrogen) atoms. The molecule has 6 nitrogen and oxygen atoms in total. The summed E-state index contributed by atoms with van der Waals surface area (Å²) in [6.07, 6.45) is 3.67. The molecular formula is C19H25N3O3S. The second-order valence-electron chi connectivity index (χ2n) is 6.35. The van der Waals surface area contributed by atoms with Crippen LogP contribution in [0.25, 0.3) is 0 Å². The minimum atomic E-state index is -3.58. The lowest BCUT2D eigenvalue weighted by Crippen LogP contribution is -2.39. The Morgan fingerprint density at radius 3 is 2.58 bits per heavy atom. The average molecular weight is 375 g/mol. The quantitative estimate of drug-likeness (QED) is 0.806. The molecule has 7 heteroatoms. The van der Waals surface area contributed by atoms with Crippen molar-refractivity contribution < 1.29 is 13.2 Å². The molecule has 0 atom stereocenters. The zero-order valence-electron chi connectivity index (χ0n) is 15.0. The number of rotatable bonds is 7. The minimum Gasteiger partial charge on any atom is -0.492 e. The first kappa shape index (κ1) is 18.7. The number of nitrogens with zero attached hydrogens (tertiary/aromatic N) is 2. The van der Waals surface area contributed by atoms with Crippen molar-refractivity contribution >= 4 is 15.8 Å². The van der Waals surface area contributed by atoms with Gasteiger partial charge in [-0.05, 0) is 49.9 Å². The fourth-order valence-corrected chi connectivity index (χ4v) is 4.42. The molecule has 1 aromatic carbocycles. The van der Waals surface area contributed by atoms with Crippen LogP contribution in [0.3, 0.4) is 0 Å². The number of sulfonamides is 1. The zero-order valence-corrected chi connectivity index (χ0v) is 15.8. The maximum Gasteiger partial charge on any atom is 0.244 e. The third-order valence-electron chi connectivity index (χ3n) is 4.59. The van der Waals surface area contributed by atoms with Crippen molar-refractivity contribution in [1.29, 1.82) is 0 Å². The molecule has 0 radical (unpaired) electrons. The maximum absolute atomic E-state index is 12.6. The number of para-hydroxylation sites is 1. The number of hydrogen-bond acceptors (Lipinski definition) is 5. The highest BCUT2D eigenvalue weighted by atomic mass is 32.2. The Kier molecular flexibility index (Phi) is 6.11. The third kappa shape index (κ3) is 4.53. The van der Waals surface area contributed by atoms with Crippen LogP contribution in [0.2, 0.25) is 0 Å². The van der Waals surface area contributed by atoms with Gasteiger partial charge in [-0.1, -0.05) is 18.2 Å². The largest absolute Gasteiger partial charge is 0.492 e. The fraction of sp³-hybridized carbons (Fsp3) is 0.421. The van der Waals surface area contributed by atoms with Gasteiger partial charge in [-0.3, -0.25) is 0 Å².